The van der Waals surface area contributed by atoms with Crippen molar-refractivity contribution in [3.05, 3.63) is 35.7 Å². The van der Waals surface area contributed by atoms with E-state index in [2.05, 4.69) is 26.2 Å². The van der Waals surface area contributed by atoms with Crippen molar-refractivity contribution in [3.8, 4) is 0 Å². The zero-order valence-corrected chi connectivity index (χ0v) is 13.4. The largest absolute Gasteiger partial charge is 0.352 e. The number of anilines is 1. The van der Waals surface area contributed by atoms with Crippen molar-refractivity contribution < 1.29 is 9.59 Å². The maximum atomic E-state index is 12.1. The molecule has 8 heteroatoms. The first-order chi connectivity index (χ1) is 11.0. The van der Waals surface area contributed by atoms with Crippen molar-refractivity contribution >= 4 is 17.5 Å². The van der Waals surface area contributed by atoms with Crippen LogP contribution in [0.2, 0.25) is 0 Å². The quantitative estimate of drug-likeness (QED) is 0.833. The zero-order chi connectivity index (χ0) is 16.8. The van der Waals surface area contributed by atoms with E-state index in [1.807, 2.05) is 13.8 Å². The standard InChI is InChI=1S/C15H20N6O2/c1-10(2)21-14(18-19-20-21)7-8-16-15(23)12-5-4-6-13(9-12)17-11(3)22/h4-6,9-10H,7-8H2,1-3H3,(H,16,23)(H,17,22). The van der Waals surface area contributed by atoms with Gasteiger partial charge in [0, 0.05) is 31.1 Å². The molecule has 0 aliphatic heterocycles. The van der Waals surface area contributed by atoms with E-state index in [-0.39, 0.29) is 17.9 Å². The molecule has 0 aliphatic carbocycles. The molecule has 1 aromatic heterocycles. The van der Waals surface area contributed by atoms with E-state index < -0.39 is 0 Å². The number of nitrogens with zero attached hydrogens (tertiary/aromatic N) is 4. The number of carbonyl (C=O) groups excluding carboxylic acids is 2. The maximum Gasteiger partial charge on any atom is 0.251 e. The third-order valence-corrected chi connectivity index (χ3v) is 3.13. The fraction of sp³-hybridized carbons (Fsp3) is 0.400. The fourth-order valence-electron chi connectivity index (χ4n) is 2.11. The molecule has 0 radical (unpaired) electrons. The summed E-state index contributed by atoms with van der Waals surface area (Å²) in [5.41, 5.74) is 1.08. The molecule has 0 unspecified atom stereocenters. The van der Waals surface area contributed by atoms with Crippen LogP contribution in [0.25, 0.3) is 0 Å². The van der Waals surface area contributed by atoms with Crippen molar-refractivity contribution in [1.29, 1.82) is 0 Å². The second-order valence-electron chi connectivity index (χ2n) is 5.40. The Bertz CT molecular complexity index is 695. The first-order valence-electron chi connectivity index (χ1n) is 7.40. The molecule has 0 fully saturated rings. The lowest BCUT2D eigenvalue weighted by atomic mass is 10.2. The van der Waals surface area contributed by atoms with Gasteiger partial charge in [-0.2, -0.15) is 0 Å². The number of benzene rings is 1. The van der Waals surface area contributed by atoms with Gasteiger partial charge in [0.2, 0.25) is 5.91 Å². The fourth-order valence-corrected chi connectivity index (χ4v) is 2.11. The van der Waals surface area contributed by atoms with Gasteiger partial charge < -0.3 is 10.6 Å². The Morgan fingerprint density at radius 1 is 1.30 bits per heavy atom. The zero-order valence-electron chi connectivity index (χ0n) is 13.4. The number of hydrogen-bond donors (Lipinski definition) is 2. The van der Waals surface area contributed by atoms with Crippen LogP contribution >= 0.6 is 0 Å². The molecular formula is C15H20N6O2. The van der Waals surface area contributed by atoms with Crippen LogP contribution in [0.4, 0.5) is 5.69 Å². The summed E-state index contributed by atoms with van der Waals surface area (Å²) in [6, 6.07) is 6.95. The third-order valence-electron chi connectivity index (χ3n) is 3.13. The lowest BCUT2D eigenvalue weighted by molar-refractivity contribution is -0.114. The Morgan fingerprint density at radius 2 is 2.09 bits per heavy atom. The van der Waals surface area contributed by atoms with Gasteiger partial charge in [0.15, 0.2) is 5.82 Å². The molecule has 8 nitrogen and oxygen atoms in total. The summed E-state index contributed by atoms with van der Waals surface area (Å²) in [7, 11) is 0. The van der Waals surface area contributed by atoms with Crippen LogP contribution in [-0.2, 0) is 11.2 Å². The molecule has 1 aromatic carbocycles. The Kier molecular flexibility index (Phi) is 5.40. The van der Waals surface area contributed by atoms with Gasteiger partial charge >= 0.3 is 0 Å². The summed E-state index contributed by atoms with van der Waals surface area (Å²) >= 11 is 0. The first-order valence-corrected chi connectivity index (χ1v) is 7.40. The Labute approximate surface area is 134 Å². The summed E-state index contributed by atoms with van der Waals surface area (Å²) in [5.74, 6) is 0.344. The molecule has 2 N–H and O–H groups in total. The van der Waals surface area contributed by atoms with E-state index >= 15 is 0 Å². The summed E-state index contributed by atoms with van der Waals surface area (Å²) in [6.07, 6.45) is 0.544. The topological polar surface area (TPSA) is 102 Å². The molecule has 122 valence electrons. The van der Waals surface area contributed by atoms with Crippen LogP contribution in [0.5, 0.6) is 0 Å². The van der Waals surface area contributed by atoms with Crippen LogP contribution < -0.4 is 10.6 Å². The number of nitrogens with one attached hydrogen (secondary N) is 2. The first kappa shape index (κ1) is 16.6. The van der Waals surface area contributed by atoms with Crippen molar-refractivity contribution in [2.45, 2.75) is 33.2 Å². The summed E-state index contributed by atoms with van der Waals surface area (Å²) in [5, 5.41) is 17.0. The van der Waals surface area contributed by atoms with Crippen LogP contribution in [0, 0.1) is 0 Å². The van der Waals surface area contributed by atoms with Crippen LogP contribution in [0.1, 0.15) is 43.0 Å². The van der Waals surface area contributed by atoms with Gasteiger partial charge in [-0.3, -0.25) is 9.59 Å². The molecule has 23 heavy (non-hydrogen) atoms. The lowest BCUT2D eigenvalue weighted by Gasteiger charge is -2.09. The smallest absolute Gasteiger partial charge is 0.251 e. The highest BCUT2D eigenvalue weighted by atomic mass is 16.2. The molecule has 2 amide bonds. The highest BCUT2D eigenvalue weighted by Crippen LogP contribution is 2.10. The van der Waals surface area contributed by atoms with E-state index in [1.165, 1.54) is 6.92 Å². The van der Waals surface area contributed by atoms with Gasteiger partial charge in [-0.05, 0) is 42.5 Å². The van der Waals surface area contributed by atoms with Gasteiger partial charge in [0.25, 0.3) is 5.91 Å². The Hall–Kier alpha value is -2.77. The van der Waals surface area contributed by atoms with Crippen molar-refractivity contribution in [2.75, 3.05) is 11.9 Å². The van der Waals surface area contributed by atoms with Gasteiger partial charge in [-0.1, -0.05) is 6.07 Å². The van der Waals surface area contributed by atoms with E-state index in [9.17, 15) is 9.59 Å². The molecule has 0 spiro atoms. The number of amides is 2. The minimum absolute atomic E-state index is 0.171. The SMILES string of the molecule is CC(=O)Nc1cccc(C(=O)NCCc2nnnn2C(C)C)c1. The Morgan fingerprint density at radius 3 is 2.78 bits per heavy atom. The molecule has 0 bridgehead atoms. The predicted molar refractivity (Wildman–Crippen MR) is 85.0 cm³/mol. The van der Waals surface area contributed by atoms with E-state index in [0.29, 0.717) is 24.2 Å². The number of tetrazole rings is 1. The molecule has 1 heterocycles. The van der Waals surface area contributed by atoms with Crippen LogP contribution in [0.3, 0.4) is 0 Å². The van der Waals surface area contributed by atoms with Gasteiger partial charge in [-0.25, -0.2) is 4.68 Å². The molecular weight excluding hydrogens is 296 g/mol. The average Bonchev–Trinajstić information content (AvgIpc) is 2.95. The molecule has 0 saturated carbocycles. The number of aromatic nitrogens is 4. The van der Waals surface area contributed by atoms with E-state index in [4.69, 9.17) is 0 Å². The van der Waals surface area contributed by atoms with Crippen molar-refractivity contribution in [1.82, 2.24) is 25.5 Å². The summed E-state index contributed by atoms with van der Waals surface area (Å²) in [4.78, 5) is 23.2. The maximum absolute atomic E-state index is 12.1. The monoisotopic (exact) mass is 316 g/mol. The molecule has 2 rings (SSSR count). The highest BCUT2D eigenvalue weighted by molar-refractivity contribution is 5.96. The Balaban J connectivity index is 1.92. The van der Waals surface area contributed by atoms with Gasteiger partial charge in [-0.15, -0.1) is 5.10 Å². The number of carbonyl (C=O) groups is 2. The van der Waals surface area contributed by atoms with Crippen LogP contribution in [0.15, 0.2) is 24.3 Å². The predicted octanol–water partition coefficient (Wildman–Crippen LogP) is 1.18. The van der Waals surface area contributed by atoms with Crippen molar-refractivity contribution in [3.63, 3.8) is 0 Å². The average molecular weight is 316 g/mol. The van der Waals surface area contributed by atoms with Crippen LogP contribution in [-0.4, -0.2) is 38.6 Å². The minimum Gasteiger partial charge on any atom is -0.352 e. The molecule has 0 saturated heterocycles. The second kappa shape index (κ2) is 7.48. The van der Waals surface area contributed by atoms with E-state index in [0.717, 1.165) is 5.82 Å². The van der Waals surface area contributed by atoms with Crippen molar-refractivity contribution in [2.24, 2.45) is 0 Å². The lowest BCUT2D eigenvalue weighted by Crippen LogP contribution is -2.26. The second-order valence-corrected chi connectivity index (χ2v) is 5.40. The number of rotatable bonds is 6. The highest BCUT2D eigenvalue weighted by Gasteiger charge is 2.10. The summed E-state index contributed by atoms with van der Waals surface area (Å²) < 4.78 is 1.73. The summed E-state index contributed by atoms with van der Waals surface area (Å²) in [6.45, 7) is 5.83. The molecule has 2 aromatic rings. The number of hydrogen-bond acceptors (Lipinski definition) is 5. The third kappa shape index (κ3) is 4.60. The molecule has 0 atom stereocenters. The molecule has 0 aliphatic rings. The van der Waals surface area contributed by atoms with E-state index in [1.54, 1.807) is 28.9 Å². The van der Waals surface area contributed by atoms with Gasteiger partial charge in [0.05, 0.1) is 6.04 Å². The minimum atomic E-state index is -0.208. The van der Waals surface area contributed by atoms with Gasteiger partial charge in [0.1, 0.15) is 0 Å². The normalized spacial score (nSPS) is 10.6.